The highest BCUT2D eigenvalue weighted by molar-refractivity contribution is 7.71. The van der Waals surface area contributed by atoms with Crippen LogP contribution in [0.25, 0.3) is 10.9 Å². The maximum atomic E-state index is 12.4. The summed E-state index contributed by atoms with van der Waals surface area (Å²) in [5.74, 6) is -0.197. The smallest absolute Gasteiger partial charge is 0.262 e. The minimum atomic E-state index is -0.197. The third-order valence-corrected chi connectivity index (χ3v) is 4.28. The summed E-state index contributed by atoms with van der Waals surface area (Å²) in [5.41, 5.74) is 1.82. The average molecular weight is 354 g/mol. The van der Waals surface area contributed by atoms with E-state index in [2.05, 4.69) is 15.3 Å². The summed E-state index contributed by atoms with van der Waals surface area (Å²) in [6.45, 7) is 2.85. The quantitative estimate of drug-likeness (QED) is 0.690. The van der Waals surface area contributed by atoms with Gasteiger partial charge in [-0.1, -0.05) is 6.07 Å². The molecule has 0 unspecified atom stereocenters. The highest BCUT2D eigenvalue weighted by Crippen LogP contribution is 2.11. The number of amides is 1. The molecule has 0 aliphatic carbocycles. The first-order valence-electron chi connectivity index (χ1n) is 8.05. The van der Waals surface area contributed by atoms with E-state index < -0.39 is 0 Å². The Morgan fingerprint density at radius 2 is 2.16 bits per heavy atom. The van der Waals surface area contributed by atoms with E-state index >= 15 is 0 Å². The molecule has 0 radical (unpaired) electrons. The van der Waals surface area contributed by atoms with Crippen LogP contribution in [0.4, 0.5) is 0 Å². The zero-order valence-corrected chi connectivity index (χ0v) is 14.6. The second kappa shape index (κ2) is 7.40. The van der Waals surface area contributed by atoms with Crippen molar-refractivity contribution in [2.75, 3.05) is 6.54 Å². The first-order valence-corrected chi connectivity index (χ1v) is 8.46. The maximum absolute atomic E-state index is 12.4. The number of rotatable bonds is 5. The number of carbonyl (C=O) groups is 1. The second-order valence-corrected chi connectivity index (χ2v) is 5.95. The molecule has 1 amide bonds. The predicted octanol–water partition coefficient (Wildman–Crippen LogP) is 2.45. The van der Waals surface area contributed by atoms with Crippen molar-refractivity contribution in [1.82, 2.24) is 19.9 Å². The summed E-state index contributed by atoms with van der Waals surface area (Å²) in [4.78, 5) is 31.9. The van der Waals surface area contributed by atoms with Crippen molar-refractivity contribution in [3.05, 3.63) is 69.0 Å². The molecule has 2 heterocycles. The Morgan fingerprint density at radius 1 is 1.32 bits per heavy atom. The number of nitrogens with zero attached hydrogens (tertiary/aromatic N) is 2. The minimum Gasteiger partial charge on any atom is -0.352 e. The zero-order valence-electron chi connectivity index (χ0n) is 13.8. The molecule has 0 saturated heterocycles. The van der Waals surface area contributed by atoms with Crippen LogP contribution >= 0.6 is 12.2 Å². The number of hydrogen-bond acceptors (Lipinski definition) is 4. The highest BCUT2D eigenvalue weighted by Gasteiger charge is 2.09. The molecular formula is C18H18N4O2S. The first-order chi connectivity index (χ1) is 12.1. The fourth-order valence-electron chi connectivity index (χ4n) is 2.64. The number of hydrogen-bond donors (Lipinski definition) is 2. The number of nitrogens with one attached hydrogen (secondary N) is 2. The molecule has 1 aromatic carbocycles. The number of aromatic amines is 1. The van der Waals surface area contributed by atoms with Gasteiger partial charge in [-0.3, -0.25) is 19.1 Å². The van der Waals surface area contributed by atoms with Crippen LogP contribution in [0.3, 0.4) is 0 Å². The molecule has 0 spiro atoms. The van der Waals surface area contributed by atoms with E-state index in [0.29, 0.717) is 40.7 Å². The molecule has 25 heavy (non-hydrogen) atoms. The van der Waals surface area contributed by atoms with Crippen LogP contribution in [0.1, 0.15) is 23.0 Å². The molecule has 128 valence electrons. The van der Waals surface area contributed by atoms with E-state index in [4.69, 9.17) is 12.2 Å². The van der Waals surface area contributed by atoms with Crippen LogP contribution in [0.5, 0.6) is 0 Å². The lowest BCUT2D eigenvalue weighted by molar-refractivity contribution is 0.0954. The summed E-state index contributed by atoms with van der Waals surface area (Å²) in [6, 6.07) is 10.6. The molecule has 0 aliphatic rings. The summed E-state index contributed by atoms with van der Waals surface area (Å²) in [6.07, 6.45) is 2.38. The summed E-state index contributed by atoms with van der Waals surface area (Å²) < 4.78 is 1.84. The van der Waals surface area contributed by atoms with Gasteiger partial charge < -0.3 is 10.3 Å². The van der Waals surface area contributed by atoms with Crippen LogP contribution in [0, 0.1) is 4.77 Å². The highest BCUT2D eigenvalue weighted by atomic mass is 32.1. The largest absolute Gasteiger partial charge is 0.352 e. The monoisotopic (exact) mass is 354 g/mol. The molecule has 3 rings (SSSR count). The van der Waals surface area contributed by atoms with E-state index in [9.17, 15) is 9.59 Å². The molecule has 7 heteroatoms. The lowest BCUT2D eigenvalue weighted by Crippen LogP contribution is -2.26. The number of aromatic nitrogens is 3. The van der Waals surface area contributed by atoms with Crippen LogP contribution in [-0.4, -0.2) is 27.0 Å². The third kappa shape index (κ3) is 3.66. The average Bonchev–Trinajstić information content (AvgIpc) is 2.62. The van der Waals surface area contributed by atoms with E-state index in [1.54, 1.807) is 24.4 Å². The van der Waals surface area contributed by atoms with Gasteiger partial charge in [0, 0.05) is 37.0 Å². The lowest BCUT2D eigenvalue weighted by Gasteiger charge is -2.08. The minimum absolute atomic E-state index is 0.150. The van der Waals surface area contributed by atoms with Gasteiger partial charge in [-0.15, -0.1) is 0 Å². The molecule has 3 aromatic rings. The van der Waals surface area contributed by atoms with Gasteiger partial charge in [0.05, 0.1) is 10.9 Å². The Hall–Kier alpha value is -2.80. The SMILES string of the molecule is CCn1c(=S)[nH]c2cc(C(=O)NCCc3ccccn3)ccc2c1=O. The molecular weight excluding hydrogens is 336 g/mol. The number of benzene rings is 1. The normalized spacial score (nSPS) is 10.8. The van der Waals surface area contributed by atoms with Crippen LogP contribution in [-0.2, 0) is 13.0 Å². The van der Waals surface area contributed by atoms with Crippen molar-refractivity contribution < 1.29 is 4.79 Å². The van der Waals surface area contributed by atoms with Gasteiger partial charge in [0.15, 0.2) is 4.77 Å². The summed E-state index contributed by atoms with van der Waals surface area (Å²) >= 11 is 5.20. The van der Waals surface area contributed by atoms with Crippen molar-refractivity contribution in [1.29, 1.82) is 0 Å². The van der Waals surface area contributed by atoms with Crippen LogP contribution in [0.2, 0.25) is 0 Å². The Kier molecular flexibility index (Phi) is 5.04. The fraction of sp³-hybridized carbons (Fsp3) is 0.222. The Labute approximate surface area is 149 Å². The molecule has 0 atom stereocenters. The van der Waals surface area contributed by atoms with Crippen molar-refractivity contribution in [3.8, 4) is 0 Å². The van der Waals surface area contributed by atoms with Gasteiger partial charge in [0.1, 0.15) is 0 Å². The topological polar surface area (TPSA) is 79.8 Å². The van der Waals surface area contributed by atoms with Gasteiger partial charge in [0.25, 0.3) is 11.5 Å². The van der Waals surface area contributed by atoms with Gasteiger partial charge in [-0.25, -0.2) is 0 Å². The first kappa shape index (κ1) is 17.0. The third-order valence-electron chi connectivity index (χ3n) is 3.95. The number of fused-ring (bicyclic) bond motifs is 1. The standard InChI is InChI=1S/C18H18N4O2S/c1-2-22-17(24)14-7-6-12(11-15(14)21-18(22)25)16(23)20-10-8-13-5-3-4-9-19-13/h3-7,9,11H,2,8,10H2,1H3,(H,20,23)(H,21,25). The molecule has 2 N–H and O–H groups in total. The van der Waals surface area contributed by atoms with Gasteiger partial charge in [-0.2, -0.15) is 0 Å². The van der Waals surface area contributed by atoms with Crippen molar-refractivity contribution >= 4 is 29.0 Å². The van der Waals surface area contributed by atoms with Crippen LogP contribution in [0.15, 0.2) is 47.4 Å². The molecule has 6 nitrogen and oxygen atoms in total. The zero-order chi connectivity index (χ0) is 17.8. The van der Waals surface area contributed by atoms with Gasteiger partial charge >= 0.3 is 0 Å². The Bertz CT molecular complexity index is 1020. The van der Waals surface area contributed by atoms with Gasteiger partial charge in [-0.05, 0) is 49.5 Å². The summed E-state index contributed by atoms with van der Waals surface area (Å²) in [7, 11) is 0. The van der Waals surface area contributed by atoms with Crippen molar-refractivity contribution in [3.63, 3.8) is 0 Å². The lowest BCUT2D eigenvalue weighted by atomic mass is 10.1. The molecule has 0 saturated carbocycles. The fourth-order valence-corrected chi connectivity index (χ4v) is 2.96. The Morgan fingerprint density at radius 3 is 2.88 bits per heavy atom. The number of pyridine rings is 1. The molecule has 0 bridgehead atoms. The maximum Gasteiger partial charge on any atom is 0.262 e. The predicted molar refractivity (Wildman–Crippen MR) is 99.3 cm³/mol. The van der Waals surface area contributed by atoms with Crippen molar-refractivity contribution in [2.45, 2.75) is 19.9 Å². The van der Waals surface area contributed by atoms with E-state index in [1.807, 2.05) is 25.1 Å². The number of H-pyrrole nitrogens is 1. The van der Waals surface area contributed by atoms with Gasteiger partial charge in [0.2, 0.25) is 0 Å². The summed E-state index contributed by atoms with van der Waals surface area (Å²) in [5, 5.41) is 3.38. The number of carbonyl (C=O) groups excluding carboxylic acids is 1. The van der Waals surface area contributed by atoms with E-state index in [1.165, 1.54) is 4.57 Å². The van der Waals surface area contributed by atoms with Crippen molar-refractivity contribution in [2.24, 2.45) is 0 Å². The molecule has 2 aromatic heterocycles. The van der Waals surface area contributed by atoms with E-state index in [-0.39, 0.29) is 11.5 Å². The second-order valence-electron chi connectivity index (χ2n) is 5.57. The van der Waals surface area contributed by atoms with E-state index in [0.717, 1.165) is 5.69 Å². The molecule has 0 fully saturated rings. The van der Waals surface area contributed by atoms with Crippen LogP contribution < -0.4 is 10.9 Å². The Balaban J connectivity index is 1.78. The molecule has 0 aliphatic heterocycles.